The molecule has 5 rings (SSSR count). The molecule has 2 N–H and O–H groups in total. The fourth-order valence-corrected chi connectivity index (χ4v) is 7.91. The lowest BCUT2D eigenvalue weighted by Crippen LogP contribution is -2.42. The molecular weight excluding hydrogens is 666 g/mol. The molecule has 4 aromatic carbocycles. The Bertz CT molecular complexity index is 2040. The minimum atomic E-state index is -3.94. The summed E-state index contributed by atoms with van der Waals surface area (Å²) in [5.74, 6) is -1.20. The Kier molecular flexibility index (Phi) is 11.6. The van der Waals surface area contributed by atoms with Gasteiger partial charge in [-0.05, 0) is 68.9 Å². The van der Waals surface area contributed by atoms with Crippen LogP contribution in [0, 0.1) is 11.7 Å². The van der Waals surface area contributed by atoms with Crippen LogP contribution in [0.1, 0.15) is 75.0 Å². The van der Waals surface area contributed by atoms with E-state index in [1.54, 1.807) is 81.4 Å². The van der Waals surface area contributed by atoms with Crippen LogP contribution in [-0.4, -0.2) is 43.3 Å². The van der Waals surface area contributed by atoms with E-state index >= 15 is 4.39 Å². The van der Waals surface area contributed by atoms with Crippen LogP contribution < -0.4 is 10.1 Å². The summed E-state index contributed by atoms with van der Waals surface area (Å²) in [5, 5.41) is 2.00. The Morgan fingerprint density at radius 2 is 1.57 bits per heavy atom. The van der Waals surface area contributed by atoms with Crippen LogP contribution in [-0.2, 0) is 32.6 Å². The van der Waals surface area contributed by atoms with E-state index in [2.05, 4.69) is 10.1 Å². The van der Waals surface area contributed by atoms with Gasteiger partial charge >= 0.3 is 5.97 Å². The average molecular weight is 712 g/mol. The number of sulfonamides is 1. The molecular formula is C41H46FN3O5S. The van der Waals surface area contributed by atoms with Gasteiger partial charge in [0.2, 0.25) is 10.0 Å². The first-order valence-corrected chi connectivity index (χ1v) is 18.7. The third-order valence-electron chi connectivity index (χ3n) is 8.49. The maximum absolute atomic E-state index is 16.0. The molecule has 8 nitrogen and oxygen atoms in total. The SMILES string of the molecule is CCCN1NC(C(C)C)=C(C(=O)OCc2cccc(C(=O)c3ccccc3)c2)C1Cc1ccc(-c2ccccc2S(=O)(=O)NC(C)(C)C)c(F)c1. The van der Waals surface area contributed by atoms with Gasteiger partial charge in [0.05, 0.1) is 16.5 Å². The van der Waals surface area contributed by atoms with Crippen LogP contribution in [0.15, 0.2) is 113 Å². The Labute approximate surface area is 300 Å². The zero-order valence-corrected chi connectivity index (χ0v) is 30.8. The predicted molar refractivity (Wildman–Crippen MR) is 198 cm³/mol. The summed E-state index contributed by atoms with van der Waals surface area (Å²) >= 11 is 0. The molecule has 0 bridgehead atoms. The van der Waals surface area contributed by atoms with Gasteiger partial charge in [-0.1, -0.05) is 99.6 Å². The monoisotopic (exact) mass is 711 g/mol. The number of rotatable bonds is 13. The van der Waals surface area contributed by atoms with Crippen molar-refractivity contribution in [1.29, 1.82) is 0 Å². The number of hydrazine groups is 1. The molecule has 4 aromatic rings. The van der Waals surface area contributed by atoms with Crippen LogP contribution >= 0.6 is 0 Å². The lowest BCUT2D eigenvalue weighted by atomic mass is 9.94. The van der Waals surface area contributed by atoms with Crippen molar-refractivity contribution in [3.63, 3.8) is 0 Å². The van der Waals surface area contributed by atoms with Gasteiger partial charge in [-0.15, -0.1) is 0 Å². The molecule has 1 unspecified atom stereocenters. The minimum absolute atomic E-state index is 0.00908. The molecule has 0 spiro atoms. The molecule has 0 aliphatic carbocycles. The van der Waals surface area contributed by atoms with E-state index in [1.165, 1.54) is 12.1 Å². The third kappa shape index (κ3) is 9.00. The van der Waals surface area contributed by atoms with Crippen molar-refractivity contribution < 1.29 is 27.1 Å². The van der Waals surface area contributed by atoms with E-state index in [0.717, 1.165) is 12.1 Å². The normalized spacial score (nSPS) is 15.3. The van der Waals surface area contributed by atoms with Crippen LogP contribution in [0.3, 0.4) is 0 Å². The van der Waals surface area contributed by atoms with Gasteiger partial charge in [-0.3, -0.25) is 4.79 Å². The number of hydrogen-bond donors (Lipinski definition) is 2. The van der Waals surface area contributed by atoms with E-state index in [0.29, 0.717) is 40.8 Å². The fourth-order valence-electron chi connectivity index (χ4n) is 6.27. The molecule has 1 heterocycles. The Balaban J connectivity index is 1.40. The lowest BCUT2D eigenvalue weighted by Gasteiger charge is -2.26. The van der Waals surface area contributed by atoms with E-state index < -0.39 is 33.4 Å². The van der Waals surface area contributed by atoms with Crippen LogP contribution in [0.25, 0.3) is 11.1 Å². The topological polar surface area (TPSA) is 105 Å². The van der Waals surface area contributed by atoms with Crippen molar-refractivity contribution in [1.82, 2.24) is 15.2 Å². The van der Waals surface area contributed by atoms with Crippen LogP contribution in [0.2, 0.25) is 0 Å². The van der Waals surface area contributed by atoms with E-state index in [-0.39, 0.29) is 34.3 Å². The molecule has 1 atom stereocenters. The quantitative estimate of drug-likeness (QED) is 0.109. The number of ketones is 1. The van der Waals surface area contributed by atoms with Gasteiger partial charge < -0.3 is 10.2 Å². The zero-order chi connectivity index (χ0) is 36.9. The first-order chi connectivity index (χ1) is 24.2. The van der Waals surface area contributed by atoms with Gasteiger partial charge in [0.25, 0.3) is 0 Å². The van der Waals surface area contributed by atoms with E-state index in [4.69, 9.17) is 4.74 Å². The second-order valence-electron chi connectivity index (χ2n) is 14.1. The molecule has 268 valence electrons. The summed E-state index contributed by atoms with van der Waals surface area (Å²) in [6.07, 6.45) is 1.11. The molecule has 0 fully saturated rings. The minimum Gasteiger partial charge on any atom is -0.457 e. The highest BCUT2D eigenvalue weighted by Gasteiger charge is 2.38. The molecule has 0 radical (unpaired) electrons. The highest BCUT2D eigenvalue weighted by atomic mass is 32.2. The second kappa shape index (κ2) is 15.7. The lowest BCUT2D eigenvalue weighted by molar-refractivity contribution is -0.140. The number of hydrogen-bond acceptors (Lipinski definition) is 7. The Morgan fingerprint density at radius 3 is 2.24 bits per heavy atom. The molecule has 1 aliphatic heterocycles. The number of nitrogens with zero attached hydrogens (tertiary/aromatic N) is 1. The van der Waals surface area contributed by atoms with Crippen LogP contribution in [0.4, 0.5) is 4.39 Å². The number of benzene rings is 4. The van der Waals surface area contributed by atoms with Crippen LogP contribution in [0.5, 0.6) is 0 Å². The van der Waals surface area contributed by atoms with Crippen molar-refractivity contribution in [2.45, 2.75) is 77.5 Å². The van der Waals surface area contributed by atoms with Crippen molar-refractivity contribution >= 4 is 21.8 Å². The smallest absolute Gasteiger partial charge is 0.337 e. The van der Waals surface area contributed by atoms with Crippen molar-refractivity contribution in [3.05, 3.63) is 136 Å². The third-order valence-corrected chi connectivity index (χ3v) is 10.3. The summed E-state index contributed by atoms with van der Waals surface area (Å²) in [5.41, 5.74) is 6.75. The van der Waals surface area contributed by atoms with E-state index in [9.17, 15) is 18.0 Å². The second-order valence-corrected chi connectivity index (χ2v) is 15.8. The summed E-state index contributed by atoms with van der Waals surface area (Å²) in [4.78, 5) is 26.9. The Hall–Kier alpha value is -4.64. The van der Waals surface area contributed by atoms with Crippen molar-refractivity contribution in [2.75, 3.05) is 6.54 Å². The summed E-state index contributed by atoms with van der Waals surface area (Å²) in [6, 6.07) is 26.8. The number of carbonyl (C=O) groups excluding carboxylic acids is 2. The van der Waals surface area contributed by atoms with E-state index in [1.807, 2.05) is 50.0 Å². The van der Waals surface area contributed by atoms with Gasteiger partial charge in [0.1, 0.15) is 12.4 Å². The summed E-state index contributed by atoms with van der Waals surface area (Å²) in [6.45, 7) is 11.9. The molecule has 1 aliphatic rings. The number of allylic oxidation sites excluding steroid dienone is 1. The van der Waals surface area contributed by atoms with Gasteiger partial charge in [0, 0.05) is 40.0 Å². The number of halogens is 1. The summed E-state index contributed by atoms with van der Waals surface area (Å²) < 4.78 is 51.1. The molecule has 0 amide bonds. The maximum Gasteiger partial charge on any atom is 0.337 e. The predicted octanol–water partition coefficient (Wildman–Crippen LogP) is 7.60. The molecule has 0 saturated heterocycles. The van der Waals surface area contributed by atoms with Gasteiger partial charge in [-0.2, -0.15) is 0 Å². The first-order valence-electron chi connectivity index (χ1n) is 17.2. The summed E-state index contributed by atoms with van der Waals surface area (Å²) in [7, 11) is -3.94. The standard InChI is InChI=1S/C41H46FN3O5S/c1-7-22-45-35(25-28-20-21-32(34(42)24-28)33-18-11-12-19-36(33)51(48,49)44-41(4,5)6)37(38(43-45)27(2)3)40(47)50-26-29-14-13-17-31(23-29)39(46)30-15-9-8-10-16-30/h8-21,23-24,27,35,43-44H,7,22,25-26H2,1-6H3. The van der Waals surface area contributed by atoms with Gasteiger partial charge in [0.15, 0.2) is 5.78 Å². The highest BCUT2D eigenvalue weighted by molar-refractivity contribution is 7.89. The first kappa shape index (κ1) is 37.6. The molecule has 0 aromatic heterocycles. The largest absolute Gasteiger partial charge is 0.457 e. The fraction of sp³-hybridized carbons (Fsp3) is 0.317. The molecule has 10 heteroatoms. The number of carbonyl (C=O) groups is 2. The Morgan fingerprint density at radius 1 is 0.882 bits per heavy atom. The van der Waals surface area contributed by atoms with Crippen molar-refractivity contribution in [3.8, 4) is 11.1 Å². The molecule has 51 heavy (non-hydrogen) atoms. The maximum atomic E-state index is 16.0. The average Bonchev–Trinajstić information content (AvgIpc) is 3.44. The molecule has 0 saturated carbocycles. The zero-order valence-electron chi connectivity index (χ0n) is 30.0. The van der Waals surface area contributed by atoms with Gasteiger partial charge in [-0.25, -0.2) is 27.3 Å². The van der Waals surface area contributed by atoms with Crippen molar-refractivity contribution in [2.24, 2.45) is 5.92 Å². The number of ether oxygens (including phenoxy) is 1. The number of esters is 1. The number of nitrogens with one attached hydrogen (secondary N) is 2. The highest BCUT2D eigenvalue weighted by Crippen LogP contribution is 2.33.